The second-order valence-corrected chi connectivity index (χ2v) is 7.26. The highest BCUT2D eigenvalue weighted by molar-refractivity contribution is 7.99. The molecular formula is C21H22ClN5OS. The van der Waals surface area contributed by atoms with Crippen LogP contribution in [0.25, 0.3) is 16.5 Å². The summed E-state index contributed by atoms with van der Waals surface area (Å²) in [6, 6.07) is 22.4. The van der Waals surface area contributed by atoms with E-state index in [9.17, 15) is 0 Å². The van der Waals surface area contributed by atoms with E-state index >= 15 is 0 Å². The van der Waals surface area contributed by atoms with Gasteiger partial charge < -0.3 is 10.1 Å². The second kappa shape index (κ2) is 10.2. The topological polar surface area (TPSA) is 64.9 Å². The lowest BCUT2D eigenvalue weighted by molar-refractivity contribution is 0.409. The summed E-state index contributed by atoms with van der Waals surface area (Å²) in [7, 11) is 1.72. The number of tetrazole rings is 1. The van der Waals surface area contributed by atoms with E-state index in [2.05, 4.69) is 51.2 Å². The van der Waals surface area contributed by atoms with Crippen LogP contribution in [-0.2, 0) is 6.54 Å². The van der Waals surface area contributed by atoms with Crippen LogP contribution in [0.4, 0.5) is 0 Å². The van der Waals surface area contributed by atoms with Crippen LogP contribution in [0.2, 0.25) is 0 Å². The zero-order valence-electron chi connectivity index (χ0n) is 16.0. The van der Waals surface area contributed by atoms with Gasteiger partial charge in [-0.2, -0.15) is 4.68 Å². The molecule has 1 N–H and O–H groups in total. The molecule has 1 heterocycles. The first-order valence-corrected chi connectivity index (χ1v) is 10.1. The van der Waals surface area contributed by atoms with Crippen molar-refractivity contribution in [2.75, 3.05) is 19.4 Å². The Hall–Kier alpha value is -2.61. The highest BCUT2D eigenvalue weighted by Gasteiger charge is 2.10. The van der Waals surface area contributed by atoms with Gasteiger partial charge in [-0.25, -0.2) is 0 Å². The van der Waals surface area contributed by atoms with E-state index in [0.717, 1.165) is 35.4 Å². The highest BCUT2D eigenvalue weighted by atomic mass is 35.5. The number of hydrogen-bond donors (Lipinski definition) is 1. The molecule has 0 bridgehead atoms. The first-order valence-electron chi connectivity index (χ1n) is 9.09. The summed E-state index contributed by atoms with van der Waals surface area (Å²) < 4.78 is 7.32. The number of nitrogens with zero attached hydrogens (tertiary/aromatic N) is 4. The minimum Gasteiger partial charge on any atom is -0.496 e. The average molecular weight is 428 g/mol. The third-order valence-corrected chi connectivity index (χ3v) is 5.39. The van der Waals surface area contributed by atoms with Crippen LogP contribution >= 0.6 is 24.2 Å². The third-order valence-electron chi connectivity index (χ3n) is 4.47. The van der Waals surface area contributed by atoms with Gasteiger partial charge in [0.25, 0.3) is 0 Å². The fraction of sp³-hybridized carbons (Fsp3) is 0.190. The van der Waals surface area contributed by atoms with Gasteiger partial charge in [-0.1, -0.05) is 60.3 Å². The summed E-state index contributed by atoms with van der Waals surface area (Å²) in [5, 5.41) is 18.8. The Kier molecular flexibility index (Phi) is 7.46. The maximum Gasteiger partial charge on any atom is 0.214 e. The molecule has 0 saturated carbocycles. The number of methoxy groups -OCH3 is 1. The normalized spacial score (nSPS) is 10.7. The lowest BCUT2D eigenvalue weighted by atomic mass is 10.0. The maximum atomic E-state index is 5.56. The number of aromatic nitrogens is 4. The van der Waals surface area contributed by atoms with E-state index < -0.39 is 0 Å². The predicted octanol–water partition coefficient (Wildman–Crippen LogP) is 4.13. The van der Waals surface area contributed by atoms with Crippen LogP contribution in [0.15, 0.2) is 71.9 Å². The Morgan fingerprint density at radius 3 is 2.62 bits per heavy atom. The molecule has 8 heteroatoms. The smallest absolute Gasteiger partial charge is 0.214 e. The molecule has 4 rings (SSSR count). The van der Waals surface area contributed by atoms with Gasteiger partial charge in [-0.3, -0.25) is 0 Å². The Morgan fingerprint density at radius 2 is 1.79 bits per heavy atom. The zero-order valence-corrected chi connectivity index (χ0v) is 17.6. The fourth-order valence-corrected chi connectivity index (χ4v) is 3.91. The number of hydrogen-bond acceptors (Lipinski definition) is 6. The van der Waals surface area contributed by atoms with Crippen molar-refractivity contribution in [1.82, 2.24) is 25.5 Å². The number of ether oxygens (including phenoxy) is 1. The van der Waals surface area contributed by atoms with Crippen molar-refractivity contribution in [1.29, 1.82) is 0 Å². The minimum atomic E-state index is 0. The van der Waals surface area contributed by atoms with Crippen LogP contribution in [-0.4, -0.2) is 39.6 Å². The van der Waals surface area contributed by atoms with Crippen LogP contribution < -0.4 is 10.1 Å². The number of para-hydroxylation sites is 1. The Labute approximate surface area is 180 Å². The number of benzene rings is 3. The van der Waals surface area contributed by atoms with Gasteiger partial charge in [0, 0.05) is 24.4 Å². The van der Waals surface area contributed by atoms with Crippen molar-refractivity contribution in [2.45, 2.75) is 11.7 Å². The van der Waals surface area contributed by atoms with Gasteiger partial charge in [0.1, 0.15) is 5.75 Å². The molecule has 0 aliphatic rings. The van der Waals surface area contributed by atoms with Gasteiger partial charge in [0.2, 0.25) is 5.16 Å². The number of thioether (sulfide) groups is 1. The summed E-state index contributed by atoms with van der Waals surface area (Å²) in [6.45, 7) is 1.58. The second-order valence-electron chi connectivity index (χ2n) is 6.20. The summed E-state index contributed by atoms with van der Waals surface area (Å²) in [5.41, 5.74) is 2.14. The Morgan fingerprint density at radius 1 is 1.00 bits per heavy atom. The number of nitrogens with one attached hydrogen (secondary N) is 1. The average Bonchev–Trinajstić information content (AvgIpc) is 3.22. The summed E-state index contributed by atoms with van der Waals surface area (Å²) in [6.07, 6.45) is 0. The monoisotopic (exact) mass is 427 g/mol. The van der Waals surface area contributed by atoms with E-state index in [1.165, 1.54) is 16.3 Å². The number of halogens is 1. The largest absolute Gasteiger partial charge is 0.496 e. The molecule has 0 saturated heterocycles. The van der Waals surface area contributed by atoms with Crippen molar-refractivity contribution in [3.8, 4) is 11.4 Å². The molecule has 1 aromatic heterocycles. The van der Waals surface area contributed by atoms with E-state index in [0.29, 0.717) is 0 Å². The molecule has 0 spiro atoms. The van der Waals surface area contributed by atoms with Crippen LogP contribution in [0.1, 0.15) is 5.56 Å². The lowest BCUT2D eigenvalue weighted by Gasteiger charge is -2.13. The van der Waals surface area contributed by atoms with Crippen molar-refractivity contribution in [2.24, 2.45) is 0 Å². The predicted molar refractivity (Wildman–Crippen MR) is 119 cm³/mol. The van der Waals surface area contributed by atoms with Gasteiger partial charge in [-0.15, -0.1) is 17.5 Å². The molecule has 150 valence electrons. The summed E-state index contributed by atoms with van der Waals surface area (Å²) in [4.78, 5) is 0. The van der Waals surface area contributed by atoms with E-state index in [1.807, 2.05) is 36.4 Å². The molecule has 29 heavy (non-hydrogen) atoms. The molecule has 4 aromatic rings. The maximum absolute atomic E-state index is 5.56. The SMILES string of the molecule is COc1ccc2ccccc2c1CNCCSc1nnnn1-c1ccccc1.Cl. The molecule has 0 aliphatic heterocycles. The van der Waals surface area contributed by atoms with Crippen LogP contribution in [0.3, 0.4) is 0 Å². The molecule has 0 fully saturated rings. The van der Waals surface area contributed by atoms with Gasteiger partial charge in [0.05, 0.1) is 12.8 Å². The molecule has 0 unspecified atom stereocenters. The van der Waals surface area contributed by atoms with Crippen LogP contribution in [0, 0.1) is 0 Å². The first kappa shape index (κ1) is 21.1. The van der Waals surface area contributed by atoms with Crippen molar-refractivity contribution < 1.29 is 4.74 Å². The van der Waals surface area contributed by atoms with E-state index in [4.69, 9.17) is 4.74 Å². The number of fused-ring (bicyclic) bond motifs is 1. The van der Waals surface area contributed by atoms with Crippen molar-refractivity contribution >= 4 is 34.9 Å². The fourth-order valence-electron chi connectivity index (χ4n) is 3.12. The van der Waals surface area contributed by atoms with Gasteiger partial charge in [-0.05, 0) is 39.4 Å². The standard InChI is InChI=1S/C21H21N5OS.ClH/c1-27-20-12-11-16-7-5-6-10-18(16)19(20)15-22-13-14-28-21-23-24-25-26(21)17-8-3-2-4-9-17;/h2-12,22H,13-15H2,1H3;1H. The Balaban J connectivity index is 0.00000240. The van der Waals surface area contributed by atoms with Crippen molar-refractivity contribution in [3.05, 3.63) is 72.3 Å². The third kappa shape index (κ3) is 4.87. The minimum absolute atomic E-state index is 0. The highest BCUT2D eigenvalue weighted by Crippen LogP contribution is 2.27. The molecule has 3 aromatic carbocycles. The molecule has 0 amide bonds. The van der Waals surface area contributed by atoms with E-state index in [1.54, 1.807) is 23.6 Å². The molecule has 0 radical (unpaired) electrons. The van der Waals surface area contributed by atoms with Gasteiger partial charge in [0.15, 0.2) is 0 Å². The van der Waals surface area contributed by atoms with Crippen molar-refractivity contribution in [3.63, 3.8) is 0 Å². The first-order chi connectivity index (χ1) is 13.9. The summed E-state index contributed by atoms with van der Waals surface area (Å²) >= 11 is 1.63. The zero-order chi connectivity index (χ0) is 19.2. The Bertz CT molecular complexity index is 1060. The molecule has 0 aliphatic carbocycles. The van der Waals surface area contributed by atoms with E-state index in [-0.39, 0.29) is 12.4 Å². The van der Waals surface area contributed by atoms with Crippen LogP contribution in [0.5, 0.6) is 5.75 Å². The summed E-state index contributed by atoms with van der Waals surface area (Å²) in [5.74, 6) is 1.77. The molecule has 6 nitrogen and oxygen atoms in total. The van der Waals surface area contributed by atoms with Gasteiger partial charge >= 0.3 is 0 Å². The quantitative estimate of drug-likeness (QED) is 0.337. The molecule has 0 atom stereocenters. The lowest BCUT2D eigenvalue weighted by Crippen LogP contribution is -2.17. The molecular weight excluding hydrogens is 406 g/mol. The number of rotatable bonds is 8.